The molecule has 0 saturated heterocycles. The Balaban J connectivity index is 1.78. The van der Waals surface area contributed by atoms with Gasteiger partial charge in [0.15, 0.2) is 0 Å². The Hall–Kier alpha value is -2.42. The van der Waals surface area contributed by atoms with Gasteiger partial charge in [-0.25, -0.2) is 4.57 Å². The minimum Gasteiger partial charge on any atom is -0.225 e. The predicted octanol–water partition coefficient (Wildman–Crippen LogP) is 3.79. The number of hydrogen-bond donors (Lipinski definition) is 0. The van der Waals surface area contributed by atoms with Crippen molar-refractivity contribution < 1.29 is 4.57 Å². The van der Waals surface area contributed by atoms with Gasteiger partial charge in [-0.05, 0) is 44.9 Å². The van der Waals surface area contributed by atoms with E-state index in [-0.39, 0.29) is 5.54 Å². The summed E-state index contributed by atoms with van der Waals surface area (Å²) in [5.74, 6) is 1.08. The molecule has 0 atom stereocenters. The summed E-state index contributed by atoms with van der Waals surface area (Å²) in [7, 11) is 0. The molecule has 3 heteroatoms. The van der Waals surface area contributed by atoms with Crippen molar-refractivity contribution >= 4 is 0 Å². The minimum absolute atomic E-state index is 0.0461. The highest BCUT2D eigenvalue weighted by Crippen LogP contribution is 2.30. The van der Waals surface area contributed by atoms with E-state index in [9.17, 15) is 0 Å². The van der Waals surface area contributed by atoms with Crippen molar-refractivity contribution in [1.82, 2.24) is 9.78 Å². The molecule has 0 unspecified atom stereocenters. The van der Waals surface area contributed by atoms with E-state index < -0.39 is 0 Å². The third-order valence-electron chi connectivity index (χ3n) is 4.86. The van der Waals surface area contributed by atoms with Crippen LogP contribution in [0.4, 0.5) is 0 Å². The van der Waals surface area contributed by atoms with Crippen molar-refractivity contribution in [2.75, 3.05) is 0 Å². The molecular weight excluding hydrogens is 294 g/mol. The van der Waals surface area contributed by atoms with Gasteiger partial charge in [-0.3, -0.25) is 0 Å². The van der Waals surface area contributed by atoms with Crippen LogP contribution in [0.5, 0.6) is 0 Å². The van der Waals surface area contributed by atoms with E-state index in [1.807, 2.05) is 0 Å². The fourth-order valence-corrected chi connectivity index (χ4v) is 3.88. The molecule has 0 fully saturated rings. The number of nitrogens with zero attached hydrogens (tertiary/aromatic N) is 3. The van der Waals surface area contributed by atoms with Crippen LogP contribution in [-0.4, -0.2) is 9.78 Å². The smallest absolute Gasteiger partial charge is 0.225 e. The molecule has 1 aromatic heterocycles. The lowest BCUT2D eigenvalue weighted by Gasteiger charge is -2.28. The minimum atomic E-state index is 0.0461. The monoisotopic (exact) mass is 318 g/mol. The zero-order valence-corrected chi connectivity index (χ0v) is 14.9. The Kier molecular flexibility index (Phi) is 3.34. The maximum atomic E-state index is 4.92. The van der Waals surface area contributed by atoms with Crippen molar-refractivity contribution in [2.45, 2.75) is 46.2 Å². The van der Waals surface area contributed by atoms with Crippen LogP contribution in [0.25, 0.3) is 11.4 Å². The molecule has 2 aromatic carbocycles. The molecule has 0 bridgehead atoms. The molecular formula is C21H24N3+. The Morgan fingerprint density at radius 3 is 2.54 bits per heavy atom. The maximum Gasteiger partial charge on any atom is 0.309 e. The summed E-state index contributed by atoms with van der Waals surface area (Å²) in [6.07, 6.45) is 3.21. The molecule has 0 aliphatic carbocycles. The molecule has 0 amide bonds. The number of benzene rings is 2. The van der Waals surface area contributed by atoms with Crippen LogP contribution in [0.1, 0.15) is 36.1 Å². The number of hydrogen-bond acceptors (Lipinski definition) is 1. The van der Waals surface area contributed by atoms with Gasteiger partial charge in [0.25, 0.3) is 0 Å². The Morgan fingerprint density at radius 2 is 1.79 bits per heavy atom. The SMILES string of the molecule is Cc1cc(C)cc(Cn2c[n+]3c(n2)-c2ccccc2CC3(C)C)c1. The molecule has 2 heterocycles. The lowest BCUT2D eigenvalue weighted by molar-refractivity contribution is -0.750. The number of aromatic nitrogens is 3. The second-order valence-corrected chi connectivity index (χ2v) is 7.65. The summed E-state index contributed by atoms with van der Waals surface area (Å²) in [5, 5.41) is 4.92. The van der Waals surface area contributed by atoms with Crippen LogP contribution < -0.4 is 4.57 Å². The van der Waals surface area contributed by atoms with E-state index >= 15 is 0 Å². The third kappa shape index (κ3) is 2.54. The molecule has 122 valence electrons. The molecule has 0 N–H and O–H groups in total. The molecule has 0 spiro atoms. The van der Waals surface area contributed by atoms with E-state index in [4.69, 9.17) is 5.10 Å². The second-order valence-electron chi connectivity index (χ2n) is 7.65. The van der Waals surface area contributed by atoms with Gasteiger partial charge in [-0.1, -0.05) is 47.5 Å². The first-order valence-corrected chi connectivity index (χ1v) is 8.57. The van der Waals surface area contributed by atoms with Gasteiger partial charge in [0.2, 0.25) is 6.33 Å². The summed E-state index contributed by atoms with van der Waals surface area (Å²) in [6, 6.07) is 15.3. The molecule has 4 rings (SSSR count). The van der Waals surface area contributed by atoms with Crippen molar-refractivity contribution in [3.63, 3.8) is 0 Å². The van der Waals surface area contributed by atoms with Gasteiger partial charge >= 0.3 is 5.82 Å². The van der Waals surface area contributed by atoms with E-state index in [1.54, 1.807) is 0 Å². The fraction of sp³-hybridized carbons (Fsp3) is 0.333. The average molecular weight is 318 g/mol. The molecule has 24 heavy (non-hydrogen) atoms. The van der Waals surface area contributed by atoms with Crippen molar-refractivity contribution in [1.29, 1.82) is 0 Å². The lowest BCUT2D eigenvalue weighted by Crippen LogP contribution is -2.56. The molecule has 0 radical (unpaired) electrons. The summed E-state index contributed by atoms with van der Waals surface area (Å²) in [6.45, 7) is 9.68. The summed E-state index contributed by atoms with van der Waals surface area (Å²) < 4.78 is 4.41. The van der Waals surface area contributed by atoms with Crippen LogP contribution in [0.15, 0.2) is 48.8 Å². The molecule has 0 saturated carbocycles. The van der Waals surface area contributed by atoms with E-state index in [0.29, 0.717) is 0 Å². The standard InChI is InChI=1S/C21H24N3/c1-15-9-16(2)11-17(10-15)13-23-14-24-20(22-23)19-8-6-5-7-18(19)12-21(24,3)4/h5-11,14H,12-13H2,1-4H3/q+1. The Bertz CT molecular complexity index is 898. The number of rotatable bonds is 2. The molecule has 3 nitrogen and oxygen atoms in total. The number of fused-ring (bicyclic) bond motifs is 3. The van der Waals surface area contributed by atoms with Gasteiger partial charge in [0.05, 0.1) is 11.1 Å². The lowest BCUT2D eigenvalue weighted by atomic mass is 9.87. The summed E-state index contributed by atoms with van der Waals surface area (Å²) in [5.41, 5.74) is 6.61. The highest BCUT2D eigenvalue weighted by atomic mass is 15.4. The Labute approximate surface area is 143 Å². The van der Waals surface area contributed by atoms with Gasteiger partial charge in [0.1, 0.15) is 6.54 Å². The highest BCUT2D eigenvalue weighted by molar-refractivity contribution is 5.58. The zero-order valence-electron chi connectivity index (χ0n) is 14.9. The van der Waals surface area contributed by atoms with E-state index in [1.165, 1.54) is 27.8 Å². The highest BCUT2D eigenvalue weighted by Gasteiger charge is 2.37. The molecule has 1 aliphatic heterocycles. The van der Waals surface area contributed by atoms with Gasteiger partial charge in [0, 0.05) is 11.5 Å². The van der Waals surface area contributed by atoms with E-state index in [2.05, 4.69) is 85.7 Å². The van der Waals surface area contributed by atoms with E-state index in [0.717, 1.165) is 18.8 Å². The summed E-state index contributed by atoms with van der Waals surface area (Å²) in [4.78, 5) is 0. The van der Waals surface area contributed by atoms with Crippen LogP contribution in [-0.2, 0) is 18.5 Å². The molecule has 3 aromatic rings. The van der Waals surface area contributed by atoms with Gasteiger partial charge < -0.3 is 0 Å². The maximum absolute atomic E-state index is 4.92. The van der Waals surface area contributed by atoms with Crippen molar-refractivity contribution in [2.24, 2.45) is 0 Å². The first kappa shape index (κ1) is 15.1. The first-order chi connectivity index (χ1) is 11.4. The molecule has 1 aliphatic rings. The topological polar surface area (TPSA) is 21.7 Å². The average Bonchev–Trinajstić information content (AvgIpc) is 2.91. The quantitative estimate of drug-likeness (QED) is 0.659. The van der Waals surface area contributed by atoms with Crippen LogP contribution in [0.2, 0.25) is 0 Å². The van der Waals surface area contributed by atoms with Crippen LogP contribution >= 0.6 is 0 Å². The predicted molar refractivity (Wildman–Crippen MR) is 95.9 cm³/mol. The Morgan fingerprint density at radius 1 is 1.08 bits per heavy atom. The fourth-order valence-electron chi connectivity index (χ4n) is 3.88. The summed E-state index contributed by atoms with van der Waals surface area (Å²) >= 11 is 0. The number of aryl methyl sites for hydroxylation is 2. The normalized spacial score (nSPS) is 15.0. The first-order valence-electron chi connectivity index (χ1n) is 8.57. The third-order valence-corrected chi connectivity index (χ3v) is 4.86. The van der Waals surface area contributed by atoms with Gasteiger partial charge in [-0.2, -0.15) is 0 Å². The van der Waals surface area contributed by atoms with Crippen molar-refractivity contribution in [3.05, 3.63) is 71.0 Å². The second kappa shape index (κ2) is 5.30. The largest absolute Gasteiger partial charge is 0.309 e. The van der Waals surface area contributed by atoms with Crippen LogP contribution in [0, 0.1) is 13.8 Å². The van der Waals surface area contributed by atoms with Crippen molar-refractivity contribution in [3.8, 4) is 11.4 Å². The van der Waals surface area contributed by atoms with Crippen LogP contribution in [0.3, 0.4) is 0 Å². The van der Waals surface area contributed by atoms with Gasteiger partial charge in [-0.15, -0.1) is 4.68 Å². The zero-order chi connectivity index (χ0) is 16.9.